The number of pyridine rings is 1. The Morgan fingerprint density at radius 2 is 2.00 bits per heavy atom. The number of aromatic nitrogens is 3. The summed E-state index contributed by atoms with van der Waals surface area (Å²) < 4.78 is 1.88. The van der Waals surface area contributed by atoms with E-state index in [1.54, 1.807) is 0 Å². The van der Waals surface area contributed by atoms with Crippen molar-refractivity contribution in [1.82, 2.24) is 20.1 Å². The molecule has 1 N–H and O–H groups in total. The van der Waals surface area contributed by atoms with E-state index in [9.17, 15) is 0 Å². The molecule has 0 radical (unpaired) electrons. The van der Waals surface area contributed by atoms with Crippen LogP contribution >= 0.6 is 11.6 Å². The van der Waals surface area contributed by atoms with Crippen LogP contribution in [0, 0.1) is 20.8 Å². The minimum Gasteiger partial charge on any atom is -0.311 e. The Morgan fingerprint density at radius 3 is 2.60 bits per heavy atom. The molecule has 2 rings (SSSR count). The van der Waals surface area contributed by atoms with Crippen molar-refractivity contribution in [2.45, 2.75) is 40.7 Å². The average Bonchev–Trinajstić information content (AvgIpc) is 2.69. The van der Waals surface area contributed by atoms with Gasteiger partial charge in [-0.1, -0.05) is 18.5 Å². The summed E-state index contributed by atoms with van der Waals surface area (Å²) >= 11 is 6.21. The van der Waals surface area contributed by atoms with Gasteiger partial charge in [0.2, 0.25) is 0 Å². The number of halogens is 1. The lowest BCUT2D eigenvalue weighted by atomic mass is 10.2. The van der Waals surface area contributed by atoms with Gasteiger partial charge >= 0.3 is 0 Å². The van der Waals surface area contributed by atoms with Crippen molar-refractivity contribution in [2.75, 3.05) is 6.54 Å². The van der Waals surface area contributed by atoms with Crippen molar-refractivity contribution < 1.29 is 0 Å². The van der Waals surface area contributed by atoms with Crippen LogP contribution in [0.4, 0.5) is 0 Å². The van der Waals surface area contributed by atoms with Crippen LogP contribution in [0.2, 0.25) is 5.02 Å². The first-order valence-corrected chi connectivity index (χ1v) is 7.31. The lowest BCUT2D eigenvalue weighted by molar-refractivity contribution is 0.660. The van der Waals surface area contributed by atoms with Crippen molar-refractivity contribution >= 4 is 11.6 Å². The Labute approximate surface area is 125 Å². The molecule has 2 aromatic heterocycles. The second kappa shape index (κ2) is 6.37. The second-order valence-electron chi connectivity index (χ2n) is 4.98. The zero-order valence-electron chi connectivity index (χ0n) is 12.5. The van der Waals surface area contributed by atoms with E-state index in [2.05, 4.69) is 36.2 Å². The number of aryl methyl sites for hydroxylation is 1. The van der Waals surface area contributed by atoms with Gasteiger partial charge in [0, 0.05) is 12.2 Å². The van der Waals surface area contributed by atoms with Gasteiger partial charge in [-0.25, -0.2) is 9.67 Å². The van der Waals surface area contributed by atoms with Crippen molar-refractivity contribution in [3.63, 3.8) is 0 Å². The van der Waals surface area contributed by atoms with E-state index in [0.717, 1.165) is 35.9 Å². The summed E-state index contributed by atoms with van der Waals surface area (Å²) in [6.07, 6.45) is 1.09. The first kappa shape index (κ1) is 15.0. The molecule has 2 aromatic rings. The first-order chi connectivity index (χ1) is 9.54. The molecule has 0 saturated carbocycles. The normalized spacial score (nSPS) is 11.1. The fourth-order valence-corrected chi connectivity index (χ4v) is 2.21. The van der Waals surface area contributed by atoms with Crippen LogP contribution in [-0.2, 0) is 6.54 Å². The quantitative estimate of drug-likeness (QED) is 0.860. The lowest BCUT2D eigenvalue weighted by Gasteiger charge is -2.09. The molecule has 0 spiro atoms. The fourth-order valence-electron chi connectivity index (χ4n) is 2.04. The molecule has 0 aliphatic carbocycles. The van der Waals surface area contributed by atoms with E-state index in [0.29, 0.717) is 11.6 Å². The van der Waals surface area contributed by atoms with Crippen LogP contribution in [0.3, 0.4) is 0 Å². The van der Waals surface area contributed by atoms with Gasteiger partial charge in [0.05, 0.1) is 16.4 Å². The van der Waals surface area contributed by atoms with Crippen LogP contribution in [0.25, 0.3) is 5.82 Å². The predicted molar refractivity (Wildman–Crippen MR) is 82.6 cm³/mol. The molecule has 0 fully saturated rings. The third-order valence-electron chi connectivity index (χ3n) is 3.49. The Hall–Kier alpha value is -1.39. The number of nitrogens with zero attached hydrogens (tertiary/aromatic N) is 3. The molecule has 0 aromatic carbocycles. The molecule has 0 aliphatic heterocycles. The third kappa shape index (κ3) is 3.02. The van der Waals surface area contributed by atoms with Crippen molar-refractivity contribution in [1.29, 1.82) is 0 Å². The molecule has 20 heavy (non-hydrogen) atoms. The smallest absolute Gasteiger partial charge is 0.154 e. The van der Waals surface area contributed by atoms with E-state index in [4.69, 9.17) is 11.6 Å². The Kier molecular flexibility index (Phi) is 4.78. The molecule has 0 bridgehead atoms. The topological polar surface area (TPSA) is 42.7 Å². The van der Waals surface area contributed by atoms with Gasteiger partial charge in [0.1, 0.15) is 0 Å². The molecular formula is C15H21ClN4. The van der Waals surface area contributed by atoms with E-state index >= 15 is 0 Å². The lowest BCUT2D eigenvalue weighted by Crippen LogP contribution is -2.16. The molecule has 0 atom stereocenters. The predicted octanol–water partition coefficient (Wildman–Crippen LogP) is 3.35. The summed E-state index contributed by atoms with van der Waals surface area (Å²) in [5.41, 5.74) is 4.21. The maximum Gasteiger partial charge on any atom is 0.154 e. The zero-order chi connectivity index (χ0) is 14.7. The maximum atomic E-state index is 6.21. The average molecular weight is 293 g/mol. The highest BCUT2D eigenvalue weighted by Gasteiger charge is 2.11. The van der Waals surface area contributed by atoms with Crippen LogP contribution < -0.4 is 5.32 Å². The number of nitrogens with one attached hydrogen (secondary N) is 1. The van der Waals surface area contributed by atoms with Gasteiger partial charge in [0.15, 0.2) is 5.82 Å². The highest BCUT2D eigenvalue weighted by atomic mass is 35.5. The fraction of sp³-hybridized carbons (Fsp3) is 0.467. The highest BCUT2D eigenvalue weighted by molar-refractivity contribution is 6.31. The summed E-state index contributed by atoms with van der Waals surface area (Å²) in [6, 6.07) is 3.79. The summed E-state index contributed by atoms with van der Waals surface area (Å²) in [7, 11) is 0. The minimum absolute atomic E-state index is 0.679. The van der Waals surface area contributed by atoms with Gasteiger partial charge in [-0.15, -0.1) is 0 Å². The van der Waals surface area contributed by atoms with Crippen LogP contribution in [-0.4, -0.2) is 21.3 Å². The molecular weight excluding hydrogens is 272 g/mol. The van der Waals surface area contributed by atoms with Crippen molar-refractivity contribution in [2.24, 2.45) is 0 Å². The molecule has 0 unspecified atom stereocenters. The van der Waals surface area contributed by atoms with Crippen LogP contribution in [0.1, 0.15) is 36.0 Å². The number of rotatable bonds is 5. The van der Waals surface area contributed by atoms with E-state index in [1.165, 1.54) is 5.56 Å². The standard InChI is InChI=1S/C15H21ClN4/c1-5-8-17-9-14-13(16)6-7-15(18-14)20-12(4)10(2)11(3)19-20/h6-7,17H,5,8-9H2,1-4H3. The molecule has 0 amide bonds. The Bertz CT molecular complexity index is 604. The van der Waals surface area contributed by atoms with Gasteiger partial charge in [-0.3, -0.25) is 0 Å². The SMILES string of the molecule is CCCNCc1nc(-n2nc(C)c(C)c2C)ccc1Cl. The van der Waals surface area contributed by atoms with Crippen LogP contribution in [0.5, 0.6) is 0 Å². The molecule has 108 valence electrons. The number of hydrogen-bond donors (Lipinski definition) is 1. The molecule has 5 heteroatoms. The number of hydrogen-bond acceptors (Lipinski definition) is 3. The Morgan fingerprint density at radius 1 is 1.25 bits per heavy atom. The first-order valence-electron chi connectivity index (χ1n) is 6.94. The van der Waals surface area contributed by atoms with Crippen molar-refractivity contribution in [3.8, 4) is 5.82 Å². The van der Waals surface area contributed by atoms with E-state index in [1.807, 2.05) is 23.7 Å². The summed E-state index contributed by atoms with van der Waals surface area (Å²) in [6.45, 7) is 9.92. The maximum absolute atomic E-state index is 6.21. The van der Waals surface area contributed by atoms with Gasteiger partial charge in [-0.2, -0.15) is 5.10 Å². The monoisotopic (exact) mass is 292 g/mol. The highest BCUT2D eigenvalue weighted by Crippen LogP contribution is 2.19. The minimum atomic E-state index is 0.679. The molecule has 4 nitrogen and oxygen atoms in total. The van der Waals surface area contributed by atoms with Gasteiger partial charge in [0.25, 0.3) is 0 Å². The molecule has 2 heterocycles. The third-order valence-corrected chi connectivity index (χ3v) is 3.84. The molecule has 0 aliphatic rings. The zero-order valence-corrected chi connectivity index (χ0v) is 13.3. The summed E-state index contributed by atoms with van der Waals surface area (Å²) in [5, 5.41) is 8.55. The van der Waals surface area contributed by atoms with E-state index in [-0.39, 0.29) is 0 Å². The van der Waals surface area contributed by atoms with Gasteiger partial charge < -0.3 is 5.32 Å². The van der Waals surface area contributed by atoms with Crippen molar-refractivity contribution in [3.05, 3.63) is 39.8 Å². The second-order valence-corrected chi connectivity index (χ2v) is 5.39. The molecule has 0 saturated heterocycles. The largest absolute Gasteiger partial charge is 0.311 e. The summed E-state index contributed by atoms with van der Waals surface area (Å²) in [5.74, 6) is 0.816. The summed E-state index contributed by atoms with van der Waals surface area (Å²) in [4.78, 5) is 4.64. The van der Waals surface area contributed by atoms with E-state index < -0.39 is 0 Å². The van der Waals surface area contributed by atoms with Gasteiger partial charge in [-0.05, 0) is 51.4 Å². The van der Waals surface area contributed by atoms with Crippen LogP contribution in [0.15, 0.2) is 12.1 Å². The Balaban J connectivity index is 2.33.